The van der Waals surface area contributed by atoms with Crippen LogP contribution in [0.2, 0.25) is 0 Å². The number of rotatable bonds is 12. The second kappa shape index (κ2) is 13.0. The van der Waals surface area contributed by atoms with E-state index >= 15 is 0 Å². The predicted molar refractivity (Wildman–Crippen MR) is 141 cm³/mol. The molecule has 0 radical (unpaired) electrons. The Hall–Kier alpha value is -2.04. The van der Waals surface area contributed by atoms with E-state index in [-0.39, 0.29) is 48.4 Å². The lowest BCUT2D eigenvalue weighted by atomic mass is 9.91. The van der Waals surface area contributed by atoms with Gasteiger partial charge in [-0.3, -0.25) is 14.5 Å². The molecule has 2 amide bonds. The van der Waals surface area contributed by atoms with Gasteiger partial charge >= 0.3 is 5.97 Å². The molecule has 0 saturated carbocycles. The fraction of sp³-hybridized carbons (Fsp3) is 0.769. The van der Waals surface area contributed by atoms with Gasteiger partial charge in [-0.05, 0) is 52.1 Å². The number of carbonyl (C=O) groups excluding carboxylic acids is 3. The van der Waals surface area contributed by atoms with Crippen LogP contribution in [0.1, 0.15) is 88.8 Å². The van der Waals surface area contributed by atoms with Crippen LogP contribution in [0, 0.1) is 11.8 Å². The van der Waals surface area contributed by atoms with Gasteiger partial charge in [-0.2, -0.15) is 0 Å². The van der Waals surface area contributed by atoms with Crippen LogP contribution in [0.15, 0.2) is 5.38 Å². The van der Waals surface area contributed by atoms with Crippen molar-refractivity contribution in [1.82, 2.24) is 20.1 Å². The molecule has 1 aliphatic heterocycles. The Kier molecular flexibility index (Phi) is 10.9. The van der Waals surface area contributed by atoms with E-state index in [1.165, 1.54) is 11.3 Å². The molecular weight excluding hydrogens is 480 g/mol. The Balaban J connectivity index is 2.19. The molecule has 0 spiro atoms. The van der Waals surface area contributed by atoms with E-state index in [9.17, 15) is 19.5 Å². The lowest BCUT2D eigenvalue weighted by Crippen LogP contribution is -2.60. The summed E-state index contributed by atoms with van der Waals surface area (Å²) in [6.07, 6.45) is 1.77. The first-order valence-corrected chi connectivity index (χ1v) is 13.8. The highest BCUT2D eigenvalue weighted by Crippen LogP contribution is 2.30. The zero-order chi connectivity index (χ0) is 27.2. The predicted octanol–water partition coefficient (Wildman–Crippen LogP) is 3.24. The first-order chi connectivity index (χ1) is 16.9. The third-order valence-corrected chi connectivity index (χ3v) is 8.57. The van der Waals surface area contributed by atoms with Crippen LogP contribution >= 0.6 is 11.3 Å². The van der Waals surface area contributed by atoms with Gasteiger partial charge in [0.25, 0.3) is 0 Å². The van der Waals surface area contributed by atoms with E-state index in [0.29, 0.717) is 5.01 Å². The fourth-order valence-corrected chi connectivity index (χ4v) is 5.48. The number of nitrogens with one attached hydrogen (secondary N) is 1. The number of hydrogen-bond acceptors (Lipinski definition) is 8. The molecule has 1 fully saturated rings. The van der Waals surface area contributed by atoms with E-state index in [1.54, 1.807) is 24.3 Å². The topological polar surface area (TPSA) is 112 Å². The van der Waals surface area contributed by atoms with Crippen molar-refractivity contribution in [2.75, 3.05) is 27.2 Å². The molecule has 0 aromatic carbocycles. The van der Waals surface area contributed by atoms with Crippen molar-refractivity contribution in [3.8, 4) is 0 Å². The van der Waals surface area contributed by atoms with Crippen molar-refractivity contribution >= 4 is 29.1 Å². The van der Waals surface area contributed by atoms with Gasteiger partial charge in [0.05, 0.1) is 12.1 Å². The fourth-order valence-electron chi connectivity index (χ4n) is 4.69. The monoisotopic (exact) mass is 524 g/mol. The summed E-state index contributed by atoms with van der Waals surface area (Å²) in [6.45, 7) is 12.7. The van der Waals surface area contributed by atoms with Crippen LogP contribution in [0.3, 0.4) is 0 Å². The highest BCUT2D eigenvalue weighted by molar-refractivity contribution is 7.09. The van der Waals surface area contributed by atoms with Crippen molar-refractivity contribution in [2.24, 2.45) is 11.8 Å². The Morgan fingerprint density at radius 3 is 2.50 bits per heavy atom. The van der Waals surface area contributed by atoms with Crippen LogP contribution in [-0.2, 0) is 14.3 Å². The molecule has 9 nitrogen and oxygen atoms in total. The number of esters is 1. The number of nitrogens with zero attached hydrogens (tertiary/aromatic N) is 3. The summed E-state index contributed by atoms with van der Waals surface area (Å²) in [5, 5.41) is 16.0. The maximum atomic E-state index is 13.8. The minimum atomic E-state index is -0.941. The van der Waals surface area contributed by atoms with Gasteiger partial charge in [0.2, 0.25) is 11.8 Å². The standard InChI is InChI=1S/C26H44N4O5S/c1-9-17(5)21(28-25(34)26(6)12-11-13-29(26)7)23(32)30(8)19(16(3)4)14-20(31)22-27-18(15-36-22)24(33)35-10-2/h15-17,19-21,31H,9-14H2,1-8H3,(H,28,34)/t17-,19?,20+,21-,26+/m0/s1. The molecule has 5 atom stereocenters. The second-order valence-corrected chi connectivity index (χ2v) is 11.3. The van der Waals surface area contributed by atoms with Crippen LogP contribution in [0.4, 0.5) is 0 Å². The number of aromatic nitrogens is 1. The molecule has 36 heavy (non-hydrogen) atoms. The SMILES string of the molecule is CCOC(=O)c1csc([C@H](O)CC(C(C)C)N(C)C(=O)[C@@H](NC(=O)[C@@]2(C)CCCN2C)[C@@H](C)CC)n1. The highest BCUT2D eigenvalue weighted by Gasteiger charge is 2.43. The zero-order valence-corrected chi connectivity index (χ0v) is 23.9. The van der Waals surface area contributed by atoms with E-state index < -0.39 is 23.7 Å². The van der Waals surface area contributed by atoms with Crippen molar-refractivity contribution < 1.29 is 24.2 Å². The number of hydrogen-bond donors (Lipinski definition) is 2. The molecule has 2 rings (SSSR count). The van der Waals surface area contributed by atoms with Gasteiger partial charge < -0.3 is 20.1 Å². The van der Waals surface area contributed by atoms with E-state index in [4.69, 9.17) is 4.74 Å². The average molecular weight is 525 g/mol. The summed E-state index contributed by atoms with van der Waals surface area (Å²) in [6, 6.07) is -0.956. The van der Waals surface area contributed by atoms with E-state index in [1.807, 2.05) is 41.7 Å². The number of aliphatic hydroxyl groups excluding tert-OH is 1. The minimum Gasteiger partial charge on any atom is -0.461 e. The van der Waals surface area contributed by atoms with Crippen molar-refractivity contribution in [3.05, 3.63) is 16.1 Å². The lowest BCUT2D eigenvalue weighted by Gasteiger charge is -2.38. The average Bonchev–Trinajstić information content (AvgIpc) is 3.47. The molecule has 2 N–H and O–H groups in total. The molecule has 2 heterocycles. The van der Waals surface area contributed by atoms with Crippen molar-refractivity contribution in [2.45, 2.75) is 91.0 Å². The van der Waals surface area contributed by atoms with Gasteiger partial charge in [0.15, 0.2) is 5.69 Å². The zero-order valence-electron chi connectivity index (χ0n) is 23.0. The number of ether oxygens (including phenoxy) is 1. The number of aliphatic hydroxyl groups is 1. The summed E-state index contributed by atoms with van der Waals surface area (Å²) < 4.78 is 4.98. The first kappa shape index (κ1) is 30.2. The third-order valence-electron chi connectivity index (χ3n) is 7.63. The normalized spacial score (nSPS) is 21.6. The molecule has 10 heteroatoms. The molecule has 0 bridgehead atoms. The maximum absolute atomic E-state index is 13.8. The van der Waals surface area contributed by atoms with Gasteiger partial charge in [-0.15, -0.1) is 11.3 Å². The van der Waals surface area contributed by atoms with Gasteiger partial charge in [-0.1, -0.05) is 34.1 Å². The number of likely N-dealkylation sites (N-methyl/N-ethyl adjacent to an activating group) is 2. The van der Waals surface area contributed by atoms with Crippen molar-refractivity contribution in [3.63, 3.8) is 0 Å². The Labute approximate surface area is 219 Å². The number of carbonyl (C=O) groups is 3. The quantitative estimate of drug-likeness (QED) is 0.404. The van der Waals surface area contributed by atoms with Gasteiger partial charge in [-0.25, -0.2) is 9.78 Å². The number of amides is 2. The smallest absolute Gasteiger partial charge is 0.357 e. The molecule has 0 aliphatic carbocycles. The number of thiazole rings is 1. The maximum Gasteiger partial charge on any atom is 0.357 e. The van der Waals surface area contributed by atoms with Crippen LogP contribution < -0.4 is 5.32 Å². The molecule has 1 saturated heterocycles. The highest BCUT2D eigenvalue weighted by atomic mass is 32.1. The minimum absolute atomic E-state index is 0.0462. The molecule has 204 valence electrons. The summed E-state index contributed by atoms with van der Waals surface area (Å²) in [5.41, 5.74) is -0.453. The van der Waals surface area contributed by atoms with Crippen LogP contribution in [0.25, 0.3) is 0 Å². The summed E-state index contributed by atoms with van der Waals surface area (Å²) in [4.78, 5) is 47.0. The van der Waals surface area contributed by atoms with Crippen LogP contribution in [0.5, 0.6) is 0 Å². The van der Waals surface area contributed by atoms with E-state index in [2.05, 4.69) is 15.2 Å². The molecule has 1 aliphatic rings. The Morgan fingerprint density at radius 2 is 1.97 bits per heavy atom. The first-order valence-electron chi connectivity index (χ1n) is 13.0. The Bertz CT molecular complexity index is 907. The van der Waals surface area contributed by atoms with E-state index in [0.717, 1.165) is 25.8 Å². The molecule has 1 unspecified atom stereocenters. The van der Waals surface area contributed by atoms with Gasteiger partial charge in [0, 0.05) is 24.9 Å². The van der Waals surface area contributed by atoms with Crippen molar-refractivity contribution in [1.29, 1.82) is 0 Å². The molecule has 1 aromatic rings. The summed E-state index contributed by atoms with van der Waals surface area (Å²) in [7, 11) is 3.68. The second-order valence-electron chi connectivity index (χ2n) is 10.4. The van der Waals surface area contributed by atoms with Gasteiger partial charge in [0.1, 0.15) is 17.2 Å². The Morgan fingerprint density at radius 1 is 1.31 bits per heavy atom. The molecular formula is C26H44N4O5S. The molecule has 1 aromatic heterocycles. The number of likely N-dealkylation sites (tertiary alicyclic amines) is 1. The summed E-state index contributed by atoms with van der Waals surface area (Å²) >= 11 is 1.20. The van der Waals surface area contributed by atoms with Crippen LogP contribution in [-0.4, -0.2) is 82.5 Å². The largest absolute Gasteiger partial charge is 0.461 e. The summed E-state index contributed by atoms with van der Waals surface area (Å²) in [5.74, 6) is -0.814. The third kappa shape index (κ3) is 6.83. The lowest BCUT2D eigenvalue weighted by molar-refractivity contribution is -0.142.